The summed E-state index contributed by atoms with van der Waals surface area (Å²) in [6.07, 6.45) is 2.15. The fourth-order valence-electron chi connectivity index (χ4n) is 4.26. The Labute approximate surface area is 124 Å². The van der Waals surface area contributed by atoms with E-state index in [-0.39, 0.29) is 17.6 Å². The van der Waals surface area contributed by atoms with Crippen LogP contribution in [-0.2, 0) is 10.3 Å². The van der Waals surface area contributed by atoms with Crippen LogP contribution in [0.1, 0.15) is 24.8 Å². The zero-order valence-corrected chi connectivity index (χ0v) is 12.2. The third-order valence-corrected chi connectivity index (χ3v) is 5.11. The number of phenols is 1. The van der Waals surface area contributed by atoms with Gasteiger partial charge in [-0.3, -0.25) is 0 Å². The fraction of sp³-hybridized carbons (Fsp3) is 0.562. The molecular weight excluding hydrogens is 270 g/mol. The van der Waals surface area contributed by atoms with Gasteiger partial charge in [0.1, 0.15) is 11.4 Å². The van der Waals surface area contributed by atoms with Gasteiger partial charge in [-0.2, -0.15) is 0 Å². The number of likely N-dealkylation sites (tertiary alicyclic amines) is 1. The third-order valence-electron chi connectivity index (χ3n) is 5.11. The molecule has 2 bridgehead atoms. The number of carbonyl (C=O) groups is 1. The average molecular weight is 291 g/mol. The minimum Gasteiger partial charge on any atom is -0.508 e. The summed E-state index contributed by atoms with van der Waals surface area (Å²) >= 11 is 0. The molecule has 1 aliphatic heterocycles. The number of methoxy groups -OCH3 is 1. The lowest BCUT2D eigenvalue weighted by molar-refractivity contribution is -0.163. The van der Waals surface area contributed by atoms with E-state index in [1.54, 1.807) is 19.2 Å². The highest BCUT2D eigenvalue weighted by molar-refractivity contribution is 5.65. The molecule has 5 nitrogen and oxygen atoms in total. The van der Waals surface area contributed by atoms with Gasteiger partial charge in [0.05, 0.1) is 0 Å². The Morgan fingerprint density at radius 1 is 1.33 bits per heavy atom. The lowest BCUT2D eigenvalue weighted by Gasteiger charge is -2.54. The molecule has 5 heteroatoms. The molecule has 21 heavy (non-hydrogen) atoms. The number of rotatable bonds is 2. The fourth-order valence-corrected chi connectivity index (χ4v) is 4.26. The van der Waals surface area contributed by atoms with Gasteiger partial charge in [0.15, 0.2) is 0 Å². The van der Waals surface area contributed by atoms with Gasteiger partial charge in [-0.05, 0) is 30.5 Å². The number of benzene rings is 1. The van der Waals surface area contributed by atoms with E-state index >= 15 is 0 Å². The van der Waals surface area contributed by atoms with Crippen LogP contribution in [0.2, 0.25) is 0 Å². The summed E-state index contributed by atoms with van der Waals surface area (Å²) in [4.78, 5) is 12.8. The molecule has 1 saturated heterocycles. The smallest absolute Gasteiger partial charge is 0.407 e. The number of hydrogen-bond donors (Lipinski definition) is 2. The second-order valence-electron chi connectivity index (χ2n) is 6.06. The van der Waals surface area contributed by atoms with Crippen LogP contribution in [0.25, 0.3) is 0 Å². The first kappa shape index (κ1) is 14.2. The maximum atomic E-state index is 11.3. The monoisotopic (exact) mass is 291 g/mol. The van der Waals surface area contributed by atoms with Crippen molar-refractivity contribution in [2.24, 2.45) is 11.8 Å². The van der Waals surface area contributed by atoms with Crippen molar-refractivity contribution in [3.8, 4) is 5.75 Å². The first-order chi connectivity index (χ1) is 10.1. The summed E-state index contributed by atoms with van der Waals surface area (Å²) in [7, 11) is 1.70. The third kappa shape index (κ3) is 2.16. The van der Waals surface area contributed by atoms with Gasteiger partial charge in [-0.15, -0.1) is 0 Å². The highest BCUT2D eigenvalue weighted by Crippen LogP contribution is 2.51. The molecule has 114 valence electrons. The minimum atomic E-state index is -0.854. The molecule has 1 amide bonds. The number of piperidine rings is 1. The topological polar surface area (TPSA) is 70.0 Å². The molecule has 0 spiro atoms. The van der Waals surface area contributed by atoms with Crippen molar-refractivity contribution in [3.05, 3.63) is 29.8 Å². The predicted octanol–water partition coefficient (Wildman–Crippen LogP) is 2.64. The van der Waals surface area contributed by atoms with Gasteiger partial charge in [-0.25, -0.2) is 4.79 Å². The Kier molecular flexibility index (Phi) is 3.53. The summed E-state index contributed by atoms with van der Waals surface area (Å²) in [5.41, 5.74) is 0.480. The molecular formula is C16H21NO4. The molecule has 0 radical (unpaired) electrons. The van der Waals surface area contributed by atoms with Gasteiger partial charge in [0.25, 0.3) is 0 Å². The molecule has 2 aliphatic rings. The van der Waals surface area contributed by atoms with Crippen molar-refractivity contribution in [3.63, 3.8) is 0 Å². The van der Waals surface area contributed by atoms with E-state index in [0.717, 1.165) is 24.8 Å². The Morgan fingerprint density at radius 2 is 2.00 bits per heavy atom. The van der Waals surface area contributed by atoms with Gasteiger partial charge in [-0.1, -0.05) is 18.6 Å². The number of amides is 1. The summed E-state index contributed by atoms with van der Waals surface area (Å²) < 4.78 is 5.98. The van der Waals surface area contributed by atoms with Crippen LogP contribution in [-0.4, -0.2) is 41.4 Å². The molecule has 1 aliphatic carbocycles. The summed E-state index contributed by atoms with van der Waals surface area (Å²) in [5, 5.41) is 19.1. The Balaban J connectivity index is 2.03. The van der Waals surface area contributed by atoms with Crippen molar-refractivity contribution in [1.82, 2.24) is 4.90 Å². The number of carboxylic acid groups (broad SMARTS) is 1. The number of aromatic hydroxyl groups is 1. The van der Waals surface area contributed by atoms with Crippen LogP contribution in [0, 0.1) is 11.8 Å². The van der Waals surface area contributed by atoms with E-state index in [1.165, 1.54) is 4.90 Å². The van der Waals surface area contributed by atoms with E-state index < -0.39 is 11.7 Å². The molecule has 1 aromatic rings. The number of fused-ring (bicyclic) bond motifs is 2. The molecule has 1 aromatic carbocycles. The maximum absolute atomic E-state index is 11.3. The normalized spacial score (nSPS) is 32.0. The van der Waals surface area contributed by atoms with E-state index in [9.17, 15) is 15.0 Å². The van der Waals surface area contributed by atoms with Crippen molar-refractivity contribution < 1.29 is 19.7 Å². The van der Waals surface area contributed by atoms with E-state index in [2.05, 4.69) is 0 Å². The number of hydrogen-bond acceptors (Lipinski definition) is 3. The second-order valence-corrected chi connectivity index (χ2v) is 6.06. The Morgan fingerprint density at radius 3 is 2.52 bits per heavy atom. The van der Waals surface area contributed by atoms with Crippen LogP contribution >= 0.6 is 0 Å². The second kappa shape index (κ2) is 5.22. The van der Waals surface area contributed by atoms with Crippen molar-refractivity contribution in [2.75, 3.05) is 20.2 Å². The summed E-state index contributed by atoms with van der Waals surface area (Å²) in [6, 6.07) is 7.20. The largest absolute Gasteiger partial charge is 0.508 e. The van der Waals surface area contributed by atoms with Gasteiger partial charge >= 0.3 is 6.09 Å². The predicted molar refractivity (Wildman–Crippen MR) is 77.2 cm³/mol. The van der Waals surface area contributed by atoms with Gasteiger partial charge in [0, 0.05) is 32.0 Å². The summed E-state index contributed by atoms with van der Waals surface area (Å²) in [5.74, 6) is 0.489. The van der Waals surface area contributed by atoms with Crippen LogP contribution < -0.4 is 0 Å². The van der Waals surface area contributed by atoms with Crippen LogP contribution in [0.5, 0.6) is 5.75 Å². The molecule has 2 atom stereocenters. The molecule has 2 N–H and O–H groups in total. The first-order valence-corrected chi connectivity index (χ1v) is 7.40. The lowest BCUT2D eigenvalue weighted by atomic mass is 9.62. The van der Waals surface area contributed by atoms with E-state index in [4.69, 9.17) is 4.74 Å². The minimum absolute atomic E-state index is 0.132. The zero-order chi connectivity index (χ0) is 15.0. The quantitative estimate of drug-likeness (QED) is 0.879. The summed E-state index contributed by atoms with van der Waals surface area (Å²) in [6.45, 7) is 0.991. The highest BCUT2D eigenvalue weighted by Gasteiger charge is 2.54. The molecule has 2 fully saturated rings. The zero-order valence-electron chi connectivity index (χ0n) is 12.2. The van der Waals surface area contributed by atoms with E-state index in [0.29, 0.717) is 13.1 Å². The van der Waals surface area contributed by atoms with Crippen LogP contribution in [0.3, 0.4) is 0 Å². The molecule has 3 rings (SSSR count). The number of ether oxygens (including phenoxy) is 1. The average Bonchev–Trinajstić information content (AvgIpc) is 2.45. The van der Waals surface area contributed by atoms with Gasteiger partial charge < -0.3 is 19.8 Å². The van der Waals surface area contributed by atoms with Gasteiger partial charge in [0.2, 0.25) is 0 Å². The number of nitrogens with zero attached hydrogens (tertiary/aromatic N) is 1. The Hall–Kier alpha value is -1.75. The Bertz CT molecular complexity index is 531. The van der Waals surface area contributed by atoms with Crippen molar-refractivity contribution in [1.29, 1.82) is 0 Å². The SMILES string of the molecule is COC1(c2cccc(O)c2)C2CCCC1CN(C(=O)O)C2. The molecule has 1 heterocycles. The standard InChI is InChI=1S/C16H21NO4/c1-21-16(11-4-3-7-14(18)8-11)12-5-2-6-13(16)10-17(9-12)15(19)20/h3-4,7-8,12-13,18H,2,5-6,9-10H2,1H3,(H,19,20). The van der Waals surface area contributed by atoms with Crippen LogP contribution in [0.4, 0.5) is 4.79 Å². The van der Waals surface area contributed by atoms with Crippen LogP contribution in [0.15, 0.2) is 24.3 Å². The lowest BCUT2D eigenvalue weighted by Crippen LogP contribution is -2.59. The van der Waals surface area contributed by atoms with Crippen molar-refractivity contribution in [2.45, 2.75) is 24.9 Å². The van der Waals surface area contributed by atoms with E-state index in [1.807, 2.05) is 12.1 Å². The maximum Gasteiger partial charge on any atom is 0.407 e. The molecule has 0 aromatic heterocycles. The van der Waals surface area contributed by atoms with Crippen molar-refractivity contribution >= 4 is 6.09 Å². The number of phenolic OH excluding ortho intramolecular Hbond substituents is 1. The molecule has 2 unspecified atom stereocenters. The first-order valence-electron chi connectivity index (χ1n) is 7.40. The molecule has 1 saturated carbocycles. The highest BCUT2D eigenvalue weighted by atomic mass is 16.5.